The van der Waals surface area contributed by atoms with Crippen molar-refractivity contribution in [3.8, 4) is 0 Å². The molecule has 0 amide bonds. The van der Waals surface area contributed by atoms with Crippen LogP contribution in [0.25, 0.3) is 0 Å². The molecule has 0 aromatic rings. The van der Waals surface area contributed by atoms with Gasteiger partial charge in [-0.2, -0.15) is 0 Å². The average molecular weight is 354 g/mol. The number of hydrogen-bond acceptors (Lipinski definition) is 5. The van der Waals surface area contributed by atoms with Crippen LogP contribution in [-0.2, 0) is 0 Å². The number of allylic oxidation sites excluding steroid dienone is 1. The third-order valence-corrected chi connectivity index (χ3v) is 7.54. The third-order valence-electron chi connectivity index (χ3n) is 7.54. The Balaban J connectivity index is 1.98. The summed E-state index contributed by atoms with van der Waals surface area (Å²) in [6.45, 7) is 4.01. The zero-order valence-corrected chi connectivity index (χ0v) is 15.4. The second-order valence-electron chi connectivity index (χ2n) is 9.19. The molecule has 3 aliphatic rings. The van der Waals surface area contributed by atoms with Crippen LogP contribution in [0.15, 0.2) is 11.6 Å². The highest BCUT2D eigenvalue weighted by Gasteiger charge is 2.55. The Labute approximate surface area is 150 Å². The summed E-state index contributed by atoms with van der Waals surface area (Å²) in [5, 5.41) is 50.8. The lowest BCUT2D eigenvalue weighted by Gasteiger charge is -2.43. The van der Waals surface area contributed by atoms with Crippen LogP contribution in [0.5, 0.6) is 0 Å². The van der Waals surface area contributed by atoms with Crippen LogP contribution in [0.4, 0.5) is 0 Å². The minimum Gasteiger partial charge on any atom is -0.396 e. The van der Waals surface area contributed by atoms with Crippen LogP contribution in [0, 0.1) is 35.0 Å². The number of aliphatic hydroxyl groups excluding tert-OH is 4. The smallest absolute Gasteiger partial charge is 0.0709 e. The summed E-state index contributed by atoms with van der Waals surface area (Å²) in [4.78, 5) is 0. The van der Waals surface area contributed by atoms with Gasteiger partial charge in [0.1, 0.15) is 0 Å². The van der Waals surface area contributed by atoms with Crippen LogP contribution in [0.3, 0.4) is 0 Å². The van der Waals surface area contributed by atoms with Gasteiger partial charge in [0, 0.05) is 31.7 Å². The molecule has 0 unspecified atom stereocenters. The lowest BCUT2D eigenvalue weighted by atomic mass is 9.64. The lowest BCUT2D eigenvalue weighted by molar-refractivity contribution is -0.0710. The van der Waals surface area contributed by atoms with E-state index in [0.717, 1.165) is 19.3 Å². The van der Waals surface area contributed by atoms with Crippen molar-refractivity contribution < 1.29 is 25.5 Å². The average Bonchev–Trinajstić information content (AvgIpc) is 3.03. The monoisotopic (exact) mass is 354 g/mol. The van der Waals surface area contributed by atoms with Crippen LogP contribution < -0.4 is 0 Å². The summed E-state index contributed by atoms with van der Waals surface area (Å²) in [5.74, 6) is -0.121. The topological polar surface area (TPSA) is 101 Å². The minimum atomic E-state index is -1.01. The van der Waals surface area contributed by atoms with Gasteiger partial charge in [0.15, 0.2) is 0 Å². The Kier molecular flexibility index (Phi) is 5.35. The predicted molar refractivity (Wildman–Crippen MR) is 94.6 cm³/mol. The number of hydrogen-bond donors (Lipinski definition) is 5. The molecule has 144 valence electrons. The van der Waals surface area contributed by atoms with Crippen molar-refractivity contribution in [2.75, 3.05) is 19.8 Å². The molecule has 0 bridgehead atoms. The molecular weight excluding hydrogens is 320 g/mol. The zero-order valence-electron chi connectivity index (χ0n) is 15.4. The molecule has 0 aliphatic heterocycles. The fourth-order valence-electron chi connectivity index (χ4n) is 6.20. The van der Waals surface area contributed by atoms with E-state index in [9.17, 15) is 25.5 Å². The Morgan fingerprint density at radius 1 is 1.20 bits per heavy atom. The highest BCUT2D eigenvalue weighted by atomic mass is 16.3. The SMILES string of the molecule is C[C@]12CC[C@H](C(CO)CO)C1=CC[C@](C)(O)[C@H]1[C@H](C2)[C@H](CO)C[C@H]1O. The van der Waals surface area contributed by atoms with E-state index in [0.29, 0.717) is 12.8 Å². The molecule has 3 rings (SSSR count). The summed E-state index contributed by atoms with van der Waals surface area (Å²) in [7, 11) is 0. The first-order chi connectivity index (χ1) is 11.8. The quantitative estimate of drug-likeness (QED) is 0.486. The van der Waals surface area contributed by atoms with E-state index in [1.807, 2.05) is 0 Å². The molecular formula is C20H34O5. The fraction of sp³-hybridized carbons (Fsp3) is 0.900. The number of aliphatic hydroxyl groups is 5. The second-order valence-corrected chi connectivity index (χ2v) is 9.19. The van der Waals surface area contributed by atoms with Gasteiger partial charge in [0.05, 0.1) is 11.7 Å². The molecule has 2 fully saturated rings. The van der Waals surface area contributed by atoms with E-state index in [1.54, 1.807) is 6.92 Å². The molecule has 25 heavy (non-hydrogen) atoms. The summed E-state index contributed by atoms with van der Waals surface area (Å²) in [6, 6.07) is 0. The van der Waals surface area contributed by atoms with Crippen molar-refractivity contribution in [3.63, 3.8) is 0 Å². The highest BCUT2D eigenvalue weighted by Crippen LogP contribution is 2.58. The van der Waals surface area contributed by atoms with Gasteiger partial charge in [-0.15, -0.1) is 0 Å². The Morgan fingerprint density at radius 3 is 2.48 bits per heavy atom. The van der Waals surface area contributed by atoms with E-state index >= 15 is 0 Å². The first-order valence-electron chi connectivity index (χ1n) is 9.71. The van der Waals surface area contributed by atoms with E-state index in [1.165, 1.54) is 5.57 Å². The zero-order chi connectivity index (χ0) is 18.4. The molecule has 5 nitrogen and oxygen atoms in total. The van der Waals surface area contributed by atoms with Crippen LogP contribution in [0.2, 0.25) is 0 Å². The summed E-state index contributed by atoms with van der Waals surface area (Å²) < 4.78 is 0. The van der Waals surface area contributed by atoms with Gasteiger partial charge in [-0.3, -0.25) is 0 Å². The Bertz CT molecular complexity index is 512. The largest absolute Gasteiger partial charge is 0.396 e. The highest BCUT2D eigenvalue weighted by molar-refractivity contribution is 5.26. The van der Waals surface area contributed by atoms with E-state index < -0.39 is 11.7 Å². The maximum atomic E-state index is 11.1. The molecule has 0 spiro atoms. The molecule has 5 heteroatoms. The van der Waals surface area contributed by atoms with Crippen molar-refractivity contribution in [1.82, 2.24) is 0 Å². The van der Waals surface area contributed by atoms with Crippen LogP contribution >= 0.6 is 0 Å². The van der Waals surface area contributed by atoms with Crippen molar-refractivity contribution in [2.45, 2.75) is 57.7 Å². The van der Waals surface area contributed by atoms with Gasteiger partial charge in [-0.05, 0) is 62.2 Å². The number of fused-ring (bicyclic) bond motifs is 2. The van der Waals surface area contributed by atoms with Crippen molar-refractivity contribution in [1.29, 1.82) is 0 Å². The second kappa shape index (κ2) is 6.93. The van der Waals surface area contributed by atoms with Gasteiger partial charge < -0.3 is 25.5 Å². The molecule has 0 saturated heterocycles. The summed E-state index contributed by atoms with van der Waals surface area (Å²) in [5.41, 5.74) is 0.186. The molecule has 0 aromatic heterocycles. The first kappa shape index (κ1) is 19.3. The maximum Gasteiger partial charge on any atom is 0.0709 e. The molecule has 2 saturated carbocycles. The molecule has 0 aromatic carbocycles. The molecule has 5 N–H and O–H groups in total. The first-order valence-corrected chi connectivity index (χ1v) is 9.71. The fourth-order valence-corrected chi connectivity index (χ4v) is 6.20. The summed E-state index contributed by atoms with van der Waals surface area (Å²) >= 11 is 0. The summed E-state index contributed by atoms with van der Waals surface area (Å²) in [6.07, 6.45) is 5.31. The van der Waals surface area contributed by atoms with Crippen LogP contribution in [-0.4, -0.2) is 57.1 Å². The van der Waals surface area contributed by atoms with E-state index in [-0.39, 0.29) is 54.8 Å². The number of rotatable bonds is 4. The Hall–Kier alpha value is -0.460. The maximum absolute atomic E-state index is 11.1. The normalized spacial score (nSPS) is 47.2. The third kappa shape index (κ3) is 3.19. The minimum absolute atomic E-state index is 0.0215. The predicted octanol–water partition coefficient (Wildman–Crippen LogP) is 1.08. The molecule has 0 radical (unpaired) electrons. The lowest BCUT2D eigenvalue weighted by Crippen LogP contribution is -2.45. The molecule has 7 atom stereocenters. The van der Waals surface area contributed by atoms with Gasteiger partial charge in [-0.1, -0.05) is 18.6 Å². The van der Waals surface area contributed by atoms with E-state index in [2.05, 4.69) is 13.0 Å². The standard InChI is InChI=1S/C20H34O5/c1-19-5-3-14(13(10-22)11-23)16(19)4-6-20(2,25)18-15(8-19)12(9-21)7-17(18)24/h4,12-15,17-18,21-25H,3,5-11H2,1-2H3/t12-,14+,15+,17+,18-,19+,20-/m0/s1. The van der Waals surface area contributed by atoms with Gasteiger partial charge in [0.2, 0.25) is 0 Å². The van der Waals surface area contributed by atoms with Gasteiger partial charge >= 0.3 is 0 Å². The van der Waals surface area contributed by atoms with Gasteiger partial charge in [0.25, 0.3) is 0 Å². The van der Waals surface area contributed by atoms with Crippen molar-refractivity contribution in [3.05, 3.63) is 11.6 Å². The van der Waals surface area contributed by atoms with Crippen molar-refractivity contribution >= 4 is 0 Å². The van der Waals surface area contributed by atoms with Crippen molar-refractivity contribution in [2.24, 2.45) is 35.0 Å². The van der Waals surface area contributed by atoms with Crippen LogP contribution in [0.1, 0.15) is 46.0 Å². The Morgan fingerprint density at radius 2 is 1.88 bits per heavy atom. The molecule has 3 aliphatic carbocycles. The van der Waals surface area contributed by atoms with E-state index in [4.69, 9.17) is 0 Å². The van der Waals surface area contributed by atoms with Gasteiger partial charge in [-0.25, -0.2) is 0 Å². The molecule has 0 heterocycles.